The number of nitro benzene ring substituents is 1. The maximum atomic E-state index is 12.9. The molecule has 0 atom stereocenters. The Hall–Kier alpha value is -3.21. The zero-order valence-electron chi connectivity index (χ0n) is 15.6. The largest absolute Gasteiger partial charge is 0.416 e. The van der Waals surface area contributed by atoms with Gasteiger partial charge < -0.3 is 4.57 Å². The monoisotopic (exact) mass is 433 g/mol. The van der Waals surface area contributed by atoms with E-state index in [0.29, 0.717) is 23.8 Å². The van der Waals surface area contributed by atoms with Crippen LogP contribution in [-0.4, -0.2) is 24.7 Å². The highest BCUT2D eigenvalue weighted by molar-refractivity contribution is 7.99. The minimum atomic E-state index is -4.67. The molecule has 0 fully saturated rings. The first-order valence-electron chi connectivity index (χ1n) is 8.94. The Kier molecular flexibility index (Phi) is 5.06. The summed E-state index contributed by atoms with van der Waals surface area (Å²) in [4.78, 5) is 15.0. The molecule has 0 amide bonds. The Morgan fingerprint density at radius 3 is 2.63 bits per heavy atom. The molecule has 0 aliphatic heterocycles. The summed E-state index contributed by atoms with van der Waals surface area (Å²) in [7, 11) is 0. The van der Waals surface area contributed by atoms with Crippen molar-refractivity contribution in [2.45, 2.75) is 36.1 Å². The van der Waals surface area contributed by atoms with Gasteiger partial charge in [0.2, 0.25) is 5.16 Å². The van der Waals surface area contributed by atoms with E-state index in [0.717, 1.165) is 41.2 Å². The van der Waals surface area contributed by atoms with E-state index in [-0.39, 0.29) is 10.1 Å². The SMILES string of the molecule is CCCn1c2ccccc2c2nnc(Sc3ccc(C(F)(F)F)cc3[N+](=O)[O-])nc21. The topological polar surface area (TPSA) is 86.7 Å². The first-order chi connectivity index (χ1) is 14.3. The smallest absolute Gasteiger partial charge is 0.324 e. The third-order valence-corrected chi connectivity index (χ3v) is 5.41. The fourth-order valence-corrected chi connectivity index (χ4v) is 3.99. The van der Waals surface area contributed by atoms with Gasteiger partial charge in [-0.3, -0.25) is 10.1 Å². The highest BCUT2D eigenvalue weighted by Gasteiger charge is 2.33. The third kappa shape index (κ3) is 3.56. The molecule has 4 aromatic rings. The number of halogens is 3. The number of rotatable bonds is 5. The number of hydrogen-bond acceptors (Lipinski definition) is 6. The lowest BCUT2D eigenvalue weighted by Gasteiger charge is -2.08. The van der Waals surface area contributed by atoms with Crippen LogP contribution in [0.5, 0.6) is 0 Å². The standard InChI is InChI=1S/C19H14F3N5O2S/c1-2-9-26-13-6-4-3-5-12(13)16-17(26)23-18(25-24-16)30-15-8-7-11(19(20,21)22)10-14(15)27(28)29/h3-8,10H,2,9H2,1H3. The van der Waals surface area contributed by atoms with E-state index >= 15 is 0 Å². The summed E-state index contributed by atoms with van der Waals surface area (Å²) >= 11 is 0.806. The predicted octanol–water partition coefficient (Wildman–Crippen LogP) is 5.47. The van der Waals surface area contributed by atoms with Crippen LogP contribution in [-0.2, 0) is 12.7 Å². The van der Waals surface area contributed by atoms with Gasteiger partial charge in [0.1, 0.15) is 5.52 Å². The molecule has 154 valence electrons. The van der Waals surface area contributed by atoms with Crippen molar-refractivity contribution in [2.75, 3.05) is 0 Å². The molecule has 0 aliphatic carbocycles. The van der Waals surface area contributed by atoms with Crippen molar-refractivity contribution in [1.29, 1.82) is 0 Å². The lowest BCUT2D eigenvalue weighted by molar-refractivity contribution is -0.388. The van der Waals surface area contributed by atoms with E-state index in [1.165, 1.54) is 0 Å². The van der Waals surface area contributed by atoms with Gasteiger partial charge in [-0.25, -0.2) is 4.98 Å². The fraction of sp³-hybridized carbons (Fsp3) is 0.211. The third-order valence-electron chi connectivity index (χ3n) is 4.49. The molecule has 0 radical (unpaired) electrons. The number of nitrogens with zero attached hydrogens (tertiary/aromatic N) is 5. The molecular formula is C19H14F3N5O2S. The van der Waals surface area contributed by atoms with Gasteiger partial charge in [-0.2, -0.15) is 13.2 Å². The number of nitro groups is 1. The van der Waals surface area contributed by atoms with Crippen LogP contribution in [0.15, 0.2) is 52.5 Å². The normalized spacial score (nSPS) is 12.0. The van der Waals surface area contributed by atoms with E-state index in [2.05, 4.69) is 15.2 Å². The quantitative estimate of drug-likeness (QED) is 0.306. The van der Waals surface area contributed by atoms with Crippen molar-refractivity contribution in [3.8, 4) is 0 Å². The molecule has 2 heterocycles. The first-order valence-corrected chi connectivity index (χ1v) is 9.76. The second-order valence-corrected chi connectivity index (χ2v) is 7.48. The highest BCUT2D eigenvalue weighted by atomic mass is 32.2. The lowest BCUT2D eigenvalue weighted by Crippen LogP contribution is -2.06. The second kappa shape index (κ2) is 7.56. The minimum absolute atomic E-state index is 0.00676. The van der Waals surface area contributed by atoms with E-state index in [4.69, 9.17) is 0 Å². The molecule has 0 unspecified atom stereocenters. The Balaban J connectivity index is 1.80. The molecular weight excluding hydrogens is 419 g/mol. The molecule has 0 aliphatic rings. The van der Waals surface area contributed by atoms with Gasteiger partial charge in [0.15, 0.2) is 5.65 Å². The summed E-state index contributed by atoms with van der Waals surface area (Å²) in [6.07, 6.45) is -3.82. The first kappa shape index (κ1) is 20.1. The van der Waals surface area contributed by atoms with Crippen LogP contribution >= 0.6 is 11.8 Å². The van der Waals surface area contributed by atoms with Crippen LogP contribution in [0.1, 0.15) is 18.9 Å². The maximum Gasteiger partial charge on any atom is 0.416 e. The maximum absolute atomic E-state index is 12.9. The van der Waals surface area contributed by atoms with Crippen molar-refractivity contribution < 1.29 is 18.1 Å². The van der Waals surface area contributed by atoms with Crippen LogP contribution in [0.3, 0.4) is 0 Å². The average molecular weight is 433 g/mol. The number of fused-ring (bicyclic) bond motifs is 3. The van der Waals surface area contributed by atoms with E-state index in [1.807, 2.05) is 35.8 Å². The van der Waals surface area contributed by atoms with E-state index < -0.39 is 22.4 Å². The Labute approximate surface area is 172 Å². The average Bonchev–Trinajstić information content (AvgIpc) is 3.01. The summed E-state index contributed by atoms with van der Waals surface area (Å²) < 4.78 is 40.7. The molecule has 11 heteroatoms. The Morgan fingerprint density at radius 1 is 1.17 bits per heavy atom. The van der Waals surface area contributed by atoms with Crippen LogP contribution in [0.25, 0.3) is 22.1 Å². The number of benzene rings is 2. The minimum Gasteiger partial charge on any atom is -0.324 e. The predicted molar refractivity (Wildman–Crippen MR) is 105 cm³/mol. The van der Waals surface area contributed by atoms with E-state index in [1.54, 1.807) is 0 Å². The van der Waals surface area contributed by atoms with Gasteiger partial charge in [0.25, 0.3) is 5.69 Å². The Morgan fingerprint density at radius 2 is 1.93 bits per heavy atom. The van der Waals surface area contributed by atoms with Gasteiger partial charge in [-0.1, -0.05) is 25.1 Å². The Bertz CT molecular complexity index is 1270. The van der Waals surface area contributed by atoms with Gasteiger partial charge >= 0.3 is 6.18 Å². The van der Waals surface area contributed by atoms with Gasteiger partial charge in [0, 0.05) is 18.0 Å². The number of aryl methyl sites for hydroxylation is 1. The van der Waals surface area contributed by atoms with E-state index in [9.17, 15) is 23.3 Å². The van der Waals surface area contributed by atoms with Crippen molar-refractivity contribution in [1.82, 2.24) is 19.7 Å². The molecule has 0 saturated carbocycles. The molecule has 2 aromatic carbocycles. The molecule has 2 aromatic heterocycles. The van der Waals surface area contributed by atoms with Crippen LogP contribution < -0.4 is 0 Å². The lowest BCUT2D eigenvalue weighted by atomic mass is 10.2. The van der Waals surface area contributed by atoms with Crippen molar-refractivity contribution in [3.63, 3.8) is 0 Å². The van der Waals surface area contributed by atoms with Crippen molar-refractivity contribution >= 4 is 39.5 Å². The zero-order chi connectivity index (χ0) is 21.5. The summed E-state index contributed by atoms with van der Waals surface area (Å²) in [6.45, 7) is 2.71. The molecule has 0 N–H and O–H groups in total. The number of hydrogen-bond donors (Lipinski definition) is 0. The summed E-state index contributed by atoms with van der Waals surface area (Å²) in [5, 5.41) is 20.6. The van der Waals surface area contributed by atoms with Crippen molar-refractivity contribution in [2.24, 2.45) is 0 Å². The number of aromatic nitrogens is 4. The molecule has 0 saturated heterocycles. The molecule has 0 bridgehead atoms. The van der Waals surface area contributed by atoms with Crippen LogP contribution in [0.2, 0.25) is 0 Å². The van der Waals surface area contributed by atoms with Crippen LogP contribution in [0, 0.1) is 10.1 Å². The second-order valence-electron chi connectivity index (χ2n) is 6.47. The van der Waals surface area contributed by atoms with Crippen molar-refractivity contribution in [3.05, 3.63) is 58.1 Å². The van der Waals surface area contributed by atoms with Gasteiger partial charge in [-0.05, 0) is 36.4 Å². The highest BCUT2D eigenvalue weighted by Crippen LogP contribution is 2.38. The van der Waals surface area contributed by atoms with Gasteiger partial charge in [0.05, 0.1) is 20.9 Å². The number of para-hydroxylation sites is 1. The fourth-order valence-electron chi connectivity index (χ4n) is 3.20. The molecule has 7 nitrogen and oxygen atoms in total. The zero-order valence-corrected chi connectivity index (χ0v) is 16.4. The number of alkyl halides is 3. The summed E-state index contributed by atoms with van der Waals surface area (Å²) in [5.41, 5.74) is 0.373. The summed E-state index contributed by atoms with van der Waals surface area (Å²) in [5.74, 6) is 0. The summed E-state index contributed by atoms with van der Waals surface area (Å²) in [6, 6.07) is 10.0. The molecule has 30 heavy (non-hydrogen) atoms. The van der Waals surface area contributed by atoms with Crippen LogP contribution in [0.4, 0.5) is 18.9 Å². The molecule has 0 spiro atoms. The van der Waals surface area contributed by atoms with Gasteiger partial charge in [-0.15, -0.1) is 10.2 Å². The molecule has 4 rings (SSSR count).